The Kier molecular flexibility index (Phi) is 4.57. The highest BCUT2D eigenvalue weighted by atomic mass is 35.5. The molecule has 2 heterocycles. The molecule has 2 aliphatic heterocycles. The molecule has 0 aromatic heterocycles. The lowest BCUT2D eigenvalue weighted by Crippen LogP contribution is -2.50. The number of halogens is 1. The van der Waals surface area contributed by atoms with E-state index < -0.39 is 23.5 Å². The first-order chi connectivity index (χ1) is 14.9. The number of nitrogens with zero attached hydrogens (tertiary/aromatic N) is 2. The van der Waals surface area contributed by atoms with Crippen LogP contribution in [-0.2, 0) is 10.3 Å². The van der Waals surface area contributed by atoms with Crippen LogP contribution in [0.2, 0.25) is 5.02 Å². The van der Waals surface area contributed by atoms with Gasteiger partial charge in [-0.3, -0.25) is 20.2 Å². The summed E-state index contributed by atoms with van der Waals surface area (Å²) in [6.45, 7) is 0. The van der Waals surface area contributed by atoms with E-state index in [1.807, 2.05) is 54.6 Å². The van der Waals surface area contributed by atoms with Crippen molar-refractivity contribution in [3.05, 3.63) is 111 Å². The van der Waals surface area contributed by atoms with Gasteiger partial charge in [-0.1, -0.05) is 72.3 Å². The highest BCUT2D eigenvalue weighted by molar-refractivity contribution is 6.30. The number of nitro groups is 1. The maximum Gasteiger partial charge on any atom is 0.252 e. The topological polar surface area (TPSA) is 75.5 Å². The monoisotopic (exact) mass is 433 g/mol. The van der Waals surface area contributed by atoms with Gasteiger partial charge in [-0.25, -0.2) is 0 Å². The third-order valence-electron chi connectivity index (χ3n) is 6.50. The van der Waals surface area contributed by atoms with E-state index in [0.717, 1.165) is 22.4 Å². The molecule has 3 aromatic carbocycles. The van der Waals surface area contributed by atoms with E-state index in [9.17, 15) is 14.9 Å². The second kappa shape index (κ2) is 7.18. The summed E-state index contributed by atoms with van der Waals surface area (Å²) in [6, 6.07) is 22.1. The zero-order valence-corrected chi connectivity index (χ0v) is 17.5. The van der Waals surface area contributed by atoms with Gasteiger partial charge in [0.1, 0.15) is 11.6 Å². The Bertz CT molecular complexity index is 1170. The van der Waals surface area contributed by atoms with Gasteiger partial charge in [0.05, 0.1) is 5.92 Å². The van der Waals surface area contributed by atoms with Crippen molar-refractivity contribution in [3.8, 4) is 0 Å². The molecule has 5 rings (SSSR count). The maximum absolute atomic E-state index is 13.8. The van der Waals surface area contributed by atoms with Crippen molar-refractivity contribution < 1.29 is 9.72 Å². The number of amides is 1. The SMILES string of the molecule is CN1C(=O)C2(N[C@@H](c3ccc(Cl)cc3)[C@@H]([N+](=O)[O-])[C@H]2c2ccccc2)c2ccccc21. The van der Waals surface area contributed by atoms with Crippen molar-refractivity contribution in [3.63, 3.8) is 0 Å². The molecule has 1 saturated heterocycles. The number of hydrogen-bond donors (Lipinski definition) is 1. The van der Waals surface area contributed by atoms with E-state index in [1.165, 1.54) is 0 Å². The molecule has 0 aliphatic carbocycles. The number of rotatable bonds is 3. The average Bonchev–Trinajstić information content (AvgIpc) is 3.25. The second-order valence-corrected chi connectivity index (χ2v) is 8.46. The Morgan fingerprint density at radius 1 is 0.968 bits per heavy atom. The zero-order chi connectivity index (χ0) is 21.8. The van der Waals surface area contributed by atoms with Gasteiger partial charge < -0.3 is 4.90 Å². The van der Waals surface area contributed by atoms with Crippen molar-refractivity contribution in [2.24, 2.45) is 0 Å². The van der Waals surface area contributed by atoms with Gasteiger partial charge >= 0.3 is 0 Å². The second-order valence-electron chi connectivity index (χ2n) is 8.03. The molecule has 0 bridgehead atoms. The number of likely N-dealkylation sites (N-methyl/N-ethyl adjacent to an activating group) is 1. The molecule has 31 heavy (non-hydrogen) atoms. The summed E-state index contributed by atoms with van der Waals surface area (Å²) in [5, 5.41) is 16.5. The maximum atomic E-state index is 13.8. The Morgan fingerprint density at radius 2 is 1.61 bits per heavy atom. The fourth-order valence-corrected chi connectivity index (χ4v) is 5.33. The fraction of sp³-hybridized carbons (Fsp3) is 0.208. The summed E-state index contributed by atoms with van der Waals surface area (Å²) in [4.78, 5) is 27.6. The van der Waals surface area contributed by atoms with Crippen LogP contribution in [0.1, 0.15) is 28.7 Å². The molecule has 1 amide bonds. The van der Waals surface area contributed by atoms with Crippen LogP contribution in [0.25, 0.3) is 0 Å². The van der Waals surface area contributed by atoms with E-state index in [-0.39, 0.29) is 10.8 Å². The first kappa shape index (κ1) is 19.7. The minimum absolute atomic E-state index is 0.189. The van der Waals surface area contributed by atoms with Crippen LogP contribution >= 0.6 is 11.6 Å². The van der Waals surface area contributed by atoms with Crippen LogP contribution in [0.4, 0.5) is 5.69 Å². The smallest absolute Gasteiger partial charge is 0.252 e. The van der Waals surface area contributed by atoms with Crippen molar-refractivity contribution in [1.29, 1.82) is 0 Å². The minimum atomic E-state index is -1.24. The van der Waals surface area contributed by atoms with Crippen molar-refractivity contribution >= 4 is 23.2 Å². The molecule has 2 aliphatic rings. The van der Waals surface area contributed by atoms with Crippen molar-refractivity contribution in [1.82, 2.24) is 5.32 Å². The number of carbonyl (C=O) groups excluding carboxylic acids is 1. The first-order valence-electron chi connectivity index (χ1n) is 10.0. The lowest BCUT2D eigenvalue weighted by molar-refractivity contribution is -0.527. The number of benzene rings is 3. The lowest BCUT2D eigenvalue weighted by atomic mass is 9.74. The van der Waals surface area contributed by atoms with Crippen LogP contribution in [0, 0.1) is 10.1 Å². The van der Waals surface area contributed by atoms with Gasteiger partial charge in [0, 0.05) is 28.2 Å². The minimum Gasteiger partial charge on any atom is -0.313 e. The predicted octanol–water partition coefficient (Wildman–Crippen LogP) is 4.29. The molecule has 4 atom stereocenters. The fourth-order valence-electron chi connectivity index (χ4n) is 5.20. The van der Waals surface area contributed by atoms with Gasteiger partial charge in [-0.05, 0) is 29.3 Å². The highest BCUT2D eigenvalue weighted by Gasteiger charge is 2.67. The summed E-state index contributed by atoms with van der Waals surface area (Å²) < 4.78 is 0. The molecule has 1 unspecified atom stereocenters. The van der Waals surface area contributed by atoms with Crippen LogP contribution in [0.15, 0.2) is 78.9 Å². The Morgan fingerprint density at radius 3 is 2.29 bits per heavy atom. The molecular weight excluding hydrogens is 414 g/mol. The van der Waals surface area contributed by atoms with Crippen LogP contribution < -0.4 is 10.2 Å². The third-order valence-corrected chi connectivity index (χ3v) is 6.75. The van der Waals surface area contributed by atoms with E-state index in [4.69, 9.17) is 11.6 Å². The summed E-state index contributed by atoms with van der Waals surface area (Å²) >= 11 is 6.06. The number of para-hydroxylation sites is 1. The number of fused-ring (bicyclic) bond motifs is 2. The number of anilines is 1. The highest BCUT2D eigenvalue weighted by Crippen LogP contribution is 2.56. The number of nitrogens with one attached hydrogen (secondary N) is 1. The standard InChI is InChI=1S/C24H20ClN3O3/c1-27-19-10-6-5-9-18(19)24(23(27)29)20(15-7-3-2-4-8-15)22(28(30)31)21(26-24)16-11-13-17(25)14-12-16/h2-14,20-22,26H,1H3/t20-,21+,22+,24?/m1/s1. The Balaban J connectivity index is 1.78. The molecule has 7 heteroatoms. The quantitative estimate of drug-likeness (QED) is 0.494. The molecule has 1 fully saturated rings. The van der Waals surface area contributed by atoms with Crippen molar-refractivity contribution in [2.75, 3.05) is 11.9 Å². The van der Waals surface area contributed by atoms with E-state index in [1.54, 1.807) is 36.2 Å². The number of hydrogen-bond acceptors (Lipinski definition) is 4. The molecule has 0 radical (unpaired) electrons. The zero-order valence-electron chi connectivity index (χ0n) is 16.7. The number of carbonyl (C=O) groups is 1. The van der Waals surface area contributed by atoms with Crippen LogP contribution in [0.5, 0.6) is 0 Å². The van der Waals surface area contributed by atoms with E-state index >= 15 is 0 Å². The first-order valence-corrected chi connectivity index (χ1v) is 10.4. The molecular formula is C24H20ClN3O3. The van der Waals surface area contributed by atoms with Gasteiger partial charge in [0.15, 0.2) is 0 Å². The van der Waals surface area contributed by atoms with E-state index in [0.29, 0.717) is 5.02 Å². The summed E-state index contributed by atoms with van der Waals surface area (Å²) in [5.41, 5.74) is 1.77. The largest absolute Gasteiger partial charge is 0.313 e. The summed E-state index contributed by atoms with van der Waals surface area (Å²) in [6.07, 6.45) is 0. The van der Waals surface area contributed by atoms with Gasteiger partial charge in [0.2, 0.25) is 6.04 Å². The van der Waals surface area contributed by atoms with Gasteiger partial charge in [-0.2, -0.15) is 0 Å². The Labute approximate surface area is 184 Å². The van der Waals surface area contributed by atoms with Crippen LogP contribution in [-0.4, -0.2) is 23.9 Å². The summed E-state index contributed by atoms with van der Waals surface area (Å²) in [5.74, 6) is -0.881. The molecule has 3 aromatic rings. The van der Waals surface area contributed by atoms with Gasteiger partial charge in [-0.15, -0.1) is 0 Å². The molecule has 1 spiro atoms. The van der Waals surface area contributed by atoms with Gasteiger partial charge in [0.25, 0.3) is 5.91 Å². The Hall–Kier alpha value is -3.22. The van der Waals surface area contributed by atoms with Crippen molar-refractivity contribution in [2.45, 2.75) is 23.5 Å². The summed E-state index contributed by atoms with van der Waals surface area (Å²) in [7, 11) is 1.72. The molecule has 0 saturated carbocycles. The predicted molar refractivity (Wildman–Crippen MR) is 119 cm³/mol. The molecule has 1 N–H and O–H groups in total. The lowest BCUT2D eigenvalue weighted by Gasteiger charge is -2.30. The van der Waals surface area contributed by atoms with E-state index in [2.05, 4.69) is 5.32 Å². The average molecular weight is 434 g/mol. The van der Waals surface area contributed by atoms with Crippen LogP contribution in [0.3, 0.4) is 0 Å². The normalized spacial score (nSPS) is 27.0. The third kappa shape index (κ3) is 2.79. The molecule has 156 valence electrons. The molecule has 6 nitrogen and oxygen atoms in total.